The van der Waals surface area contributed by atoms with Crippen LogP contribution in [0.2, 0.25) is 19.6 Å². The van der Waals surface area contributed by atoms with Crippen molar-refractivity contribution in [3.63, 3.8) is 0 Å². The van der Waals surface area contributed by atoms with Gasteiger partial charge in [0.05, 0.1) is 0 Å². The van der Waals surface area contributed by atoms with Crippen molar-refractivity contribution in [2.24, 2.45) is 5.73 Å². The van der Waals surface area contributed by atoms with Crippen LogP contribution in [0.1, 0.15) is 39.0 Å². The maximum Gasteiger partial charge on any atom is 0.129 e. The topological polar surface area (TPSA) is 26.0 Å². The number of nitrogens with two attached hydrogens (primary N) is 1. The molecule has 1 atom stereocenters. The van der Waals surface area contributed by atoms with E-state index in [9.17, 15) is 0 Å². The summed E-state index contributed by atoms with van der Waals surface area (Å²) in [5, 5.41) is 0. The van der Waals surface area contributed by atoms with E-state index in [2.05, 4.69) is 38.0 Å². The minimum atomic E-state index is -1.16. The molecule has 0 spiro atoms. The monoisotopic (exact) mass is 211 g/mol. The summed E-state index contributed by atoms with van der Waals surface area (Å²) in [7, 11) is -1.16. The summed E-state index contributed by atoms with van der Waals surface area (Å²) in [5.74, 6) is 3.26. The molecule has 0 aromatic heterocycles. The van der Waals surface area contributed by atoms with Gasteiger partial charge in [-0.2, -0.15) is 0 Å². The van der Waals surface area contributed by atoms with Crippen molar-refractivity contribution >= 4 is 8.07 Å². The molecule has 0 aliphatic heterocycles. The van der Waals surface area contributed by atoms with Crippen molar-refractivity contribution in [3.05, 3.63) is 0 Å². The molecule has 1 nitrogen and oxygen atoms in total. The first-order valence-electron chi connectivity index (χ1n) is 5.71. The molecule has 14 heavy (non-hydrogen) atoms. The van der Waals surface area contributed by atoms with Crippen LogP contribution >= 0.6 is 0 Å². The van der Waals surface area contributed by atoms with Gasteiger partial charge in [0.1, 0.15) is 8.07 Å². The van der Waals surface area contributed by atoms with Gasteiger partial charge in [-0.25, -0.2) is 0 Å². The van der Waals surface area contributed by atoms with Crippen LogP contribution in [0.25, 0.3) is 0 Å². The fraction of sp³-hybridized carbons (Fsp3) is 0.833. The maximum atomic E-state index is 5.95. The van der Waals surface area contributed by atoms with Crippen LogP contribution in [-0.2, 0) is 0 Å². The average molecular weight is 211 g/mol. The van der Waals surface area contributed by atoms with E-state index in [4.69, 9.17) is 5.73 Å². The largest absolute Gasteiger partial charge is 0.328 e. The van der Waals surface area contributed by atoms with E-state index in [1.165, 1.54) is 12.8 Å². The van der Waals surface area contributed by atoms with E-state index in [0.29, 0.717) is 6.04 Å². The van der Waals surface area contributed by atoms with Crippen LogP contribution in [0.4, 0.5) is 0 Å². The van der Waals surface area contributed by atoms with E-state index in [0.717, 1.165) is 19.3 Å². The minimum absolute atomic E-state index is 0.367. The first-order chi connectivity index (χ1) is 6.45. The molecule has 0 fully saturated rings. The predicted molar refractivity (Wildman–Crippen MR) is 67.9 cm³/mol. The van der Waals surface area contributed by atoms with Gasteiger partial charge in [-0.15, -0.1) is 11.5 Å². The van der Waals surface area contributed by atoms with E-state index >= 15 is 0 Å². The fourth-order valence-corrected chi connectivity index (χ4v) is 1.85. The Bertz CT molecular complexity index is 195. The zero-order valence-corrected chi connectivity index (χ0v) is 11.2. The molecule has 82 valence electrons. The first kappa shape index (κ1) is 13.7. The highest BCUT2D eigenvalue weighted by atomic mass is 28.3. The lowest BCUT2D eigenvalue weighted by Gasteiger charge is -2.08. The molecule has 0 heterocycles. The minimum Gasteiger partial charge on any atom is -0.328 e. The second kappa shape index (κ2) is 7.08. The number of unbranched alkanes of at least 4 members (excludes halogenated alkanes) is 1. The van der Waals surface area contributed by atoms with Gasteiger partial charge in [-0.1, -0.05) is 39.4 Å². The van der Waals surface area contributed by atoms with Gasteiger partial charge in [0.2, 0.25) is 0 Å². The van der Waals surface area contributed by atoms with Crippen molar-refractivity contribution in [1.82, 2.24) is 0 Å². The van der Waals surface area contributed by atoms with Crippen molar-refractivity contribution in [2.75, 3.05) is 0 Å². The Morgan fingerprint density at radius 3 is 2.36 bits per heavy atom. The van der Waals surface area contributed by atoms with Gasteiger partial charge in [0.15, 0.2) is 0 Å². The van der Waals surface area contributed by atoms with Gasteiger partial charge in [0.25, 0.3) is 0 Å². The summed E-state index contributed by atoms with van der Waals surface area (Å²) in [6, 6.07) is 0.367. The second-order valence-corrected chi connectivity index (χ2v) is 9.74. The van der Waals surface area contributed by atoms with Gasteiger partial charge in [0, 0.05) is 12.5 Å². The number of hydrogen-bond donors (Lipinski definition) is 1. The molecule has 0 amide bonds. The quantitative estimate of drug-likeness (QED) is 0.548. The highest BCUT2D eigenvalue weighted by Crippen LogP contribution is 2.04. The van der Waals surface area contributed by atoms with Crippen molar-refractivity contribution < 1.29 is 0 Å². The van der Waals surface area contributed by atoms with Crippen LogP contribution < -0.4 is 5.73 Å². The van der Waals surface area contributed by atoms with Crippen molar-refractivity contribution in [2.45, 2.75) is 64.7 Å². The summed E-state index contributed by atoms with van der Waals surface area (Å²) in [6.45, 7) is 9.03. The summed E-state index contributed by atoms with van der Waals surface area (Å²) < 4.78 is 0. The summed E-state index contributed by atoms with van der Waals surface area (Å²) in [5.41, 5.74) is 9.32. The van der Waals surface area contributed by atoms with E-state index in [-0.39, 0.29) is 0 Å². The summed E-state index contributed by atoms with van der Waals surface area (Å²) in [6.07, 6.45) is 5.70. The molecule has 2 N–H and O–H groups in total. The summed E-state index contributed by atoms with van der Waals surface area (Å²) in [4.78, 5) is 0. The highest BCUT2D eigenvalue weighted by Gasteiger charge is 2.07. The Kier molecular flexibility index (Phi) is 6.95. The van der Waals surface area contributed by atoms with E-state index < -0.39 is 8.07 Å². The molecule has 0 aliphatic carbocycles. The lowest BCUT2D eigenvalue weighted by molar-refractivity contribution is 0.548. The Balaban J connectivity index is 3.56. The first-order valence-corrected chi connectivity index (χ1v) is 9.21. The molecule has 0 aliphatic rings. The Morgan fingerprint density at radius 1 is 1.21 bits per heavy atom. The molecule has 0 bridgehead atoms. The smallest absolute Gasteiger partial charge is 0.129 e. The van der Waals surface area contributed by atoms with Crippen LogP contribution in [0, 0.1) is 11.5 Å². The zero-order valence-electron chi connectivity index (χ0n) is 10.2. The molecular weight excluding hydrogens is 186 g/mol. The second-order valence-electron chi connectivity index (χ2n) is 4.99. The normalized spacial score (nSPS) is 13.2. The third kappa shape index (κ3) is 9.82. The van der Waals surface area contributed by atoms with Crippen LogP contribution in [0.15, 0.2) is 0 Å². The SMILES string of the molecule is CCCCC(N)CCC#C[Si](C)(C)C. The van der Waals surface area contributed by atoms with Crippen molar-refractivity contribution in [3.8, 4) is 11.5 Å². The lowest BCUT2D eigenvalue weighted by atomic mass is 10.1. The molecule has 1 unspecified atom stereocenters. The maximum absolute atomic E-state index is 5.95. The molecule has 0 aromatic carbocycles. The molecule has 0 rings (SSSR count). The van der Waals surface area contributed by atoms with Crippen LogP contribution in [-0.4, -0.2) is 14.1 Å². The predicted octanol–water partition coefficient (Wildman–Crippen LogP) is 3.16. The third-order valence-electron chi connectivity index (χ3n) is 2.03. The molecule has 0 saturated carbocycles. The Hall–Kier alpha value is -0.263. The number of rotatable bonds is 5. The molecule has 0 radical (unpaired) electrons. The van der Waals surface area contributed by atoms with Gasteiger partial charge in [-0.3, -0.25) is 0 Å². The molecule has 2 heteroatoms. The molecule has 0 aromatic rings. The standard InChI is InChI=1S/C12H25NSi/c1-5-6-9-12(13)10-7-8-11-14(2,3)4/h12H,5-7,9-10,13H2,1-4H3. The van der Waals surface area contributed by atoms with Gasteiger partial charge >= 0.3 is 0 Å². The molecule has 0 saturated heterocycles. The van der Waals surface area contributed by atoms with Crippen molar-refractivity contribution in [1.29, 1.82) is 0 Å². The zero-order chi connectivity index (χ0) is 11.0. The van der Waals surface area contributed by atoms with Crippen LogP contribution in [0.5, 0.6) is 0 Å². The lowest BCUT2D eigenvalue weighted by Crippen LogP contribution is -2.19. The Morgan fingerprint density at radius 2 is 1.86 bits per heavy atom. The van der Waals surface area contributed by atoms with Gasteiger partial charge in [-0.05, 0) is 12.8 Å². The van der Waals surface area contributed by atoms with Crippen LogP contribution in [0.3, 0.4) is 0 Å². The van der Waals surface area contributed by atoms with E-state index in [1.807, 2.05) is 0 Å². The highest BCUT2D eigenvalue weighted by molar-refractivity contribution is 6.83. The summed E-state index contributed by atoms with van der Waals surface area (Å²) >= 11 is 0. The third-order valence-corrected chi connectivity index (χ3v) is 2.96. The van der Waals surface area contributed by atoms with E-state index in [1.54, 1.807) is 0 Å². The Labute approximate surface area is 90.5 Å². The van der Waals surface area contributed by atoms with Gasteiger partial charge < -0.3 is 5.73 Å². The fourth-order valence-electron chi connectivity index (χ4n) is 1.20. The average Bonchev–Trinajstić information content (AvgIpc) is 2.07. The number of hydrogen-bond acceptors (Lipinski definition) is 1. The molecular formula is C12H25NSi.